The van der Waals surface area contributed by atoms with Crippen molar-refractivity contribution < 1.29 is 4.90 Å². The number of H-pyrrole nitrogens is 1. The highest BCUT2D eigenvalue weighted by atomic mass is 16.2. The van der Waals surface area contributed by atoms with E-state index in [-0.39, 0.29) is 11.2 Å². The second-order valence-electron chi connectivity index (χ2n) is 6.04. The van der Waals surface area contributed by atoms with Crippen LogP contribution < -0.4 is 21.5 Å². The summed E-state index contributed by atoms with van der Waals surface area (Å²) in [6, 6.07) is 9.80. The number of rotatable bonds is 5. The first-order chi connectivity index (χ1) is 11.2. The third-order valence-electron chi connectivity index (χ3n) is 4.30. The number of quaternary nitrogens is 1. The van der Waals surface area contributed by atoms with Crippen LogP contribution in [0.1, 0.15) is 30.9 Å². The Hall–Kier alpha value is -2.34. The molecule has 1 aromatic heterocycles. The maximum atomic E-state index is 12.2. The van der Waals surface area contributed by atoms with Gasteiger partial charge in [0.05, 0.1) is 13.1 Å². The second-order valence-corrected chi connectivity index (χ2v) is 6.04. The average molecular weight is 315 g/mol. The van der Waals surface area contributed by atoms with Crippen molar-refractivity contribution in [2.75, 3.05) is 18.5 Å². The lowest BCUT2D eigenvalue weighted by atomic mass is 10.2. The first-order valence-electron chi connectivity index (χ1n) is 8.16. The Balaban J connectivity index is 1.93. The van der Waals surface area contributed by atoms with Crippen LogP contribution in [-0.2, 0) is 13.1 Å². The minimum Gasteiger partial charge on any atom is -0.324 e. The van der Waals surface area contributed by atoms with Crippen molar-refractivity contribution in [2.45, 2.75) is 32.9 Å². The van der Waals surface area contributed by atoms with Gasteiger partial charge in [0.2, 0.25) is 0 Å². The minimum absolute atomic E-state index is 0.268. The zero-order valence-corrected chi connectivity index (χ0v) is 13.4. The number of nitrogens with one attached hydrogen (secondary N) is 3. The van der Waals surface area contributed by atoms with Crippen LogP contribution in [0, 0.1) is 0 Å². The molecule has 1 aliphatic rings. The summed E-state index contributed by atoms with van der Waals surface area (Å²) in [5.74, 6) is 0.669. The summed E-state index contributed by atoms with van der Waals surface area (Å²) < 4.78 is 1.63. The van der Waals surface area contributed by atoms with Crippen LogP contribution in [0.2, 0.25) is 0 Å². The van der Waals surface area contributed by atoms with Crippen LogP contribution in [0.5, 0.6) is 0 Å². The molecule has 6 heteroatoms. The lowest BCUT2D eigenvalue weighted by Crippen LogP contribution is -3.12. The zero-order valence-electron chi connectivity index (χ0n) is 13.4. The number of hydrogen-bond donors (Lipinski definition) is 3. The Labute approximate surface area is 134 Å². The summed E-state index contributed by atoms with van der Waals surface area (Å²) in [6.07, 6.45) is 2.27. The quantitative estimate of drug-likeness (QED) is 0.736. The number of aromatic nitrogens is 2. The van der Waals surface area contributed by atoms with E-state index in [1.54, 1.807) is 4.57 Å². The van der Waals surface area contributed by atoms with Gasteiger partial charge >= 0.3 is 5.69 Å². The lowest BCUT2D eigenvalue weighted by molar-refractivity contribution is -0.912. The number of aromatic amines is 1. The molecule has 3 N–H and O–H groups in total. The summed E-state index contributed by atoms with van der Waals surface area (Å²) in [5.41, 5.74) is 1.09. The smallest absolute Gasteiger partial charge is 0.324 e. The standard InChI is InChI=1S/C17H22N4O2/c1-2-3-9-20-11-14-15(18-12-20)21(17(23)19-16(14)22)10-13-7-5-4-6-8-13/h4-8,18H,2-3,9-12H2,1H3,(H,19,22,23)/p+1. The van der Waals surface area contributed by atoms with E-state index in [0.29, 0.717) is 24.5 Å². The second kappa shape index (κ2) is 6.83. The van der Waals surface area contributed by atoms with Crippen molar-refractivity contribution in [2.24, 2.45) is 0 Å². The van der Waals surface area contributed by atoms with E-state index >= 15 is 0 Å². The van der Waals surface area contributed by atoms with Gasteiger partial charge in [-0.25, -0.2) is 4.79 Å². The van der Waals surface area contributed by atoms with Gasteiger partial charge < -0.3 is 10.2 Å². The Morgan fingerprint density at radius 3 is 2.74 bits per heavy atom. The molecule has 23 heavy (non-hydrogen) atoms. The molecule has 6 nitrogen and oxygen atoms in total. The fourth-order valence-electron chi connectivity index (χ4n) is 3.02. The molecule has 0 radical (unpaired) electrons. The molecule has 1 unspecified atom stereocenters. The van der Waals surface area contributed by atoms with Gasteiger partial charge in [-0.2, -0.15) is 0 Å². The van der Waals surface area contributed by atoms with Gasteiger partial charge in [0, 0.05) is 0 Å². The Morgan fingerprint density at radius 2 is 2.00 bits per heavy atom. The molecule has 2 aromatic rings. The van der Waals surface area contributed by atoms with E-state index in [9.17, 15) is 9.59 Å². The van der Waals surface area contributed by atoms with E-state index in [1.807, 2.05) is 30.3 Å². The summed E-state index contributed by atoms with van der Waals surface area (Å²) in [7, 11) is 0. The summed E-state index contributed by atoms with van der Waals surface area (Å²) in [6.45, 7) is 5.04. The minimum atomic E-state index is -0.359. The normalized spacial score (nSPS) is 16.7. The van der Waals surface area contributed by atoms with Crippen molar-refractivity contribution in [3.63, 3.8) is 0 Å². The number of unbranched alkanes of at least 4 members (excludes halogenated alkanes) is 1. The maximum Gasteiger partial charge on any atom is 0.330 e. The van der Waals surface area contributed by atoms with Crippen molar-refractivity contribution in [1.29, 1.82) is 0 Å². The van der Waals surface area contributed by atoms with Crippen LogP contribution in [0.25, 0.3) is 0 Å². The van der Waals surface area contributed by atoms with Crippen LogP contribution in [0.15, 0.2) is 39.9 Å². The number of anilines is 1. The van der Waals surface area contributed by atoms with Crippen LogP contribution in [-0.4, -0.2) is 22.8 Å². The predicted molar refractivity (Wildman–Crippen MR) is 89.8 cm³/mol. The van der Waals surface area contributed by atoms with Gasteiger partial charge in [0.15, 0.2) is 6.67 Å². The molecular formula is C17H23N4O2+. The molecule has 1 aromatic carbocycles. The third kappa shape index (κ3) is 3.37. The molecule has 0 saturated heterocycles. The Kier molecular flexibility index (Phi) is 4.62. The highest BCUT2D eigenvalue weighted by molar-refractivity contribution is 5.44. The van der Waals surface area contributed by atoms with Crippen molar-refractivity contribution in [3.05, 3.63) is 62.3 Å². The Morgan fingerprint density at radius 1 is 1.22 bits per heavy atom. The lowest BCUT2D eigenvalue weighted by Gasteiger charge is -2.28. The zero-order chi connectivity index (χ0) is 16.2. The summed E-state index contributed by atoms with van der Waals surface area (Å²) >= 11 is 0. The number of benzene rings is 1. The van der Waals surface area contributed by atoms with E-state index in [2.05, 4.69) is 17.2 Å². The third-order valence-corrected chi connectivity index (χ3v) is 4.30. The SMILES string of the molecule is CCCC[NH+]1CNc2c(c(=O)[nH]c(=O)n2Cc2ccccc2)C1. The highest BCUT2D eigenvalue weighted by Gasteiger charge is 2.24. The number of nitrogens with zero attached hydrogens (tertiary/aromatic N) is 1. The molecule has 0 amide bonds. The molecule has 2 heterocycles. The van der Waals surface area contributed by atoms with Gasteiger partial charge in [-0.05, 0) is 12.0 Å². The maximum absolute atomic E-state index is 12.2. The fraction of sp³-hybridized carbons (Fsp3) is 0.412. The van der Waals surface area contributed by atoms with Gasteiger partial charge in [-0.15, -0.1) is 0 Å². The van der Waals surface area contributed by atoms with Gasteiger partial charge in [-0.1, -0.05) is 43.7 Å². The largest absolute Gasteiger partial charge is 0.330 e. The summed E-state index contributed by atoms with van der Waals surface area (Å²) in [4.78, 5) is 28.2. The molecule has 122 valence electrons. The molecule has 0 spiro atoms. The van der Waals surface area contributed by atoms with Crippen molar-refractivity contribution >= 4 is 5.82 Å². The van der Waals surface area contributed by atoms with Crippen LogP contribution >= 0.6 is 0 Å². The number of hydrogen-bond acceptors (Lipinski definition) is 3. The molecule has 3 rings (SSSR count). The fourth-order valence-corrected chi connectivity index (χ4v) is 3.02. The van der Waals surface area contributed by atoms with Crippen LogP contribution in [0.4, 0.5) is 5.82 Å². The highest BCUT2D eigenvalue weighted by Crippen LogP contribution is 2.12. The van der Waals surface area contributed by atoms with Gasteiger partial charge in [0.25, 0.3) is 5.56 Å². The van der Waals surface area contributed by atoms with E-state index in [1.165, 1.54) is 4.90 Å². The Bertz CT molecular complexity index is 779. The average Bonchev–Trinajstić information content (AvgIpc) is 2.57. The van der Waals surface area contributed by atoms with E-state index < -0.39 is 0 Å². The molecule has 0 bridgehead atoms. The molecule has 1 atom stereocenters. The summed E-state index contributed by atoms with van der Waals surface area (Å²) in [5, 5.41) is 3.30. The van der Waals surface area contributed by atoms with Gasteiger partial charge in [0.1, 0.15) is 17.9 Å². The van der Waals surface area contributed by atoms with Crippen LogP contribution in [0.3, 0.4) is 0 Å². The molecule has 0 fully saturated rings. The first kappa shape index (κ1) is 15.6. The first-order valence-corrected chi connectivity index (χ1v) is 8.16. The van der Waals surface area contributed by atoms with E-state index in [0.717, 1.165) is 31.6 Å². The van der Waals surface area contributed by atoms with Crippen molar-refractivity contribution in [3.8, 4) is 0 Å². The molecule has 0 saturated carbocycles. The van der Waals surface area contributed by atoms with Crippen molar-refractivity contribution in [1.82, 2.24) is 9.55 Å². The predicted octanol–water partition coefficient (Wildman–Crippen LogP) is 0.153. The van der Waals surface area contributed by atoms with E-state index in [4.69, 9.17) is 0 Å². The molecule has 0 aliphatic carbocycles. The topological polar surface area (TPSA) is 71.3 Å². The monoisotopic (exact) mass is 315 g/mol. The number of fused-ring (bicyclic) bond motifs is 1. The molecule has 1 aliphatic heterocycles. The molecular weight excluding hydrogens is 292 g/mol. The van der Waals surface area contributed by atoms with Gasteiger partial charge in [-0.3, -0.25) is 14.3 Å².